The SMILES string of the molecule is C=Cc1cccc([SiH](CCCN(CC)CC)COC)c1. The predicted octanol–water partition coefficient (Wildman–Crippen LogP) is 2.68. The van der Waals surface area contributed by atoms with Crippen molar-refractivity contribution >= 4 is 20.1 Å². The molecule has 0 saturated carbocycles. The zero-order valence-corrected chi connectivity index (χ0v) is 14.4. The molecule has 0 N–H and O–H groups in total. The Hall–Kier alpha value is -0.903. The maximum atomic E-state index is 5.46. The lowest BCUT2D eigenvalue weighted by molar-refractivity contribution is 0.249. The average molecular weight is 292 g/mol. The van der Waals surface area contributed by atoms with Gasteiger partial charge in [-0.1, -0.05) is 62.0 Å². The fraction of sp³-hybridized carbons (Fsp3) is 0.529. The van der Waals surface area contributed by atoms with Crippen LogP contribution < -0.4 is 5.19 Å². The van der Waals surface area contributed by atoms with Crippen LogP contribution >= 0.6 is 0 Å². The largest absolute Gasteiger partial charge is 0.388 e. The summed E-state index contributed by atoms with van der Waals surface area (Å²) in [6.45, 7) is 11.8. The second-order valence-corrected chi connectivity index (χ2v) is 8.17. The first-order valence-electron chi connectivity index (χ1n) is 7.68. The van der Waals surface area contributed by atoms with Crippen molar-refractivity contribution in [2.75, 3.05) is 33.0 Å². The molecule has 0 aromatic heterocycles. The summed E-state index contributed by atoms with van der Waals surface area (Å²) in [4.78, 5) is 2.50. The van der Waals surface area contributed by atoms with Crippen LogP contribution in [0.25, 0.3) is 6.08 Å². The van der Waals surface area contributed by atoms with Crippen LogP contribution in [0, 0.1) is 0 Å². The molecule has 112 valence electrons. The number of benzene rings is 1. The highest BCUT2D eigenvalue weighted by Gasteiger charge is 2.14. The molecule has 1 rings (SSSR count). The quantitative estimate of drug-likeness (QED) is 0.615. The normalized spacial score (nSPS) is 12.6. The van der Waals surface area contributed by atoms with Gasteiger partial charge in [0, 0.05) is 13.3 Å². The summed E-state index contributed by atoms with van der Waals surface area (Å²) in [5.74, 6) is 0. The van der Waals surface area contributed by atoms with Gasteiger partial charge in [0.15, 0.2) is 0 Å². The van der Waals surface area contributed by atoms with Crippen LogP contribution in [0.5, 0.6) is 0 Å². The smallest absolute Gasteiger partial charge is 0.100 e. The van der Waals surface area contributed by atoms with E-state index in [1.807, 2.05) is 13.2 Å². The van der Waals surface area contributed by atoms with E-state index in [4.69, 9.17) is 4.74 Å². The van der Waals surface area contributed by atoms with E-state index in [1.165, 1.54) is 29.8 Å². The zero-order chi connectivity index (χ0) is 14.8. The Bertz CT molecular complexity index is 390. The minimum absolute atomic E-state index is 0.929. The number of ether oxygens (including phenoxy) is 1. The number of hydrogen-bond donors (Lipinski definition) is 0. The van der Waals surface area contributed by atoms with Crippen molar-refractivity contribution in [1.82, 2.24) is 4.90 Å². The molecule has 1 aromatic rings. The van der Waals surface area contributed by atoms with Crippen molar-refractivity contribution in [1.29, 1.82) is 0 Å². The molecule has 0 fully saturated rings. The summed E-state index contributed by atoms with van der Waals surface area (Å²) >= 11 is 0. The minimum Gasteiger partial charge on any atom is -0.388 e. The van der Waals surface area contributed by atoms with Crippen molar-refractivity contribution in [3.63, 3.8) is 0 Å². The van der Waals surface area contributed by atoms with Crippen LogP contribution in [0.2, 0.25) is 6.04 Å². The van der Waals surface area contributed by atoms with Gasteiger partial charge < -0.3 is 9.64 Å². The molecule has 0 aliphatic heterocycles. The lowest BCUT2D eigenvalue weighted by Gasteiger charge is -2.20. The van der Waals surface area contributed by atoms with Crippen LogP contribution in [-0.4, -0.2) is 46.7 Å². The maximum absolute atomic E-state index is 5.46. The molecule has 1 unspecified atom stereocenters. The summed E-state index contributed by atoms with van der Waals surface area (Å²) in [5, 5.41) is 1.50. The van der Waals surface area contributed by atoms with E-state index in [2.05, 4.69) is 49.6 Å². The molecule has 0 spiro atoms. The van der Waals surface area contributed by atoms with Crippen molar-refractivity contribution in [2.45, 2.75) is 26.3 Å². The monoisotopic (exact) mass is 291 g/mol. The van der Waals surface area contributed by atoms with Gasteiger partial charge in [0.1, 0.15) is 8.80 Å². The minimum atomic E-state index is -1.01. The van der Waals surface area contributed by atoms with Gasteiger partial charge in [-0.25, -0.2) is 0 Å². The molecular weight excluding hydrogens is 262 g/mol. The fourth-order valence-corrected chi connectivity index (χ4v) is 5.17. The molecule has 0 radical (unpaired) electrons. The second kappa shape index (κ2) is 9.92. The third-order valence-electron chi connectivity index (χ3n) is 3.91. The molecule has 1 atom stereocenters. The van der Waals surface area contributed by atoms with Crippen molar-refractivity contribution in [2.24, 2.45) is 0 Å². The Morgan fingerprint density at radius 3 is 2.65 bits per heavy atom. The van der Waals surface area contributed by atoms with E-state index in [-0.39, 0.29) is 0 Å². The number of rotatable bonds is 10. The number of nitrogens with zero attached hydrogens (tertiary/aromatic N) is 1. The van der Waals surface area contributed by atoms with E-state index in [9.17, 15) is 0 Å². The number of methoxy groups -OCH3 is 1. The molecule has 1 aromatic carbocycles. The van der Waals surface area contributed by atoms with Crippen molar-refractivity contribution < 1.29 is 4.74 Å². The molecule has 0 aliphatic carbocycles. The topological polar surface area (TPSA) is 12.5 Å². The first-order chi connectivity index (χ1) is 9.74. The Morgan fingerprint density at radius 2 is 2.05 bits per heavy atom. The van der Waals surface area contributed by atoms with Crippen LogP contribution in [0.3, 0.4) is 0 Å². The first kappa shape index (κ1) is 17.1. The molecule has 0 bridgehead atoms. The van der Waals surface area contributed by atoms with Gasteiger partial charge in [-0.3, -0.25) is 0 Å². The van der Waals surface area contributed by atoms with E-state index in [0.29, 0.717) is 0 Å². The molecule has 0 aliphatic rings. The van der Waals surface area contributed by atoms with Crippen LogP contribution in [0.15, 0.2) is 30.8 Å². The first-order valence-corrected chi connectivity index (χ1v) is 9.89. The summed E-state index contributed by atoms with van der Waals surface area (Å²) in [6.07, 6.45) is 4.14. The molecule has 2 nitrogen and oxygen atoms in total. The highest BCUT2D eigenvalue weighted by atomic mass is 28.3. The molecule has 3 heteroatoms. The van der Waals surface area contributed by atoms with Crippen LogP contribution in [-0.2, 0) is 4.74 Å². The van der Waals surface area contributed by atoms with Gasteiger partial charge in [-0.2, -0.15) is 0 Å². The van der Waals surface area contributed by atoms with Gasteiger partial charge in [-0.05, 0) is 31.6 Å². The third-order valence-corrected chi connectivity index (χ3v) is 7.05. The predicted molar refractivity (Wildman–Crippen MR) is 92.4 cm³/mol. The Balaban J connectivity index is 2.61. The van der Waals surface area contributed by atoms with E-state index < -0.39 is 8.80 Å². The lowest BCUT2D eigenvalue weighted by atomic mass is 10.2. The summed E-state index contributed by atoms with van der Waals surface area (Å²) in [6, 6.07) is 10.1. The fourth-order valence-electron chi connectivity index (χ4n) is 2.59. The standard InChI is InChI=1S/C17H29NOSi/c1-5-16-10-8-11-17(14-16)20(15-19-4)13-9-12-18(6-2)7-3/h5,8,10-11,14,20H,1,6-7,9,12-13,15H2,2-4H3. The highest BCUT2D eigenvalue weighted by Crippen LogP contribution is 2.05. The van der Waals surface area contributed by atoms with E-state index >= 15 is 0 Å². The van der Waals surface area contributed by atoms with Gasteiger partial charge in [0.25, 0.3) is 0 Å². The second-order valence-electron chi connectivity index (χ2n) is 5.20. The van der Waals surface area contributed by atoms with E-state index in [0.717, 1.165) is 19.3 Å². The van der Waals surface area contributed by atoms with Crippen LogP contribution in [0.1, 0.15) is 25.8 Å². The van der Waals surface area contributed by atoms with Gasteiger partial charge in [0.05, 0.1) is 0 Å². The van der Waals surface area contributed by atoms with Crippen molar-refractivity contribution in [3.05, 3.63) is 36.4 Å². The van der Waals surface area contributed by atoms with Gasteiger partial charge >= 0.3 is 0 Å². The number of hydrogen-bond acceptors (Lipinski definition) is 2. The summed E-state index contributed by atoms with van der Waals surface area (Å²) in [7, 11) is 0.809. The third kappa shape index (κ3) is 5.61. The van der Waals surface area contributed by atoms with Crippen molar-refractivity contribution in [3.8, 4) is 0 Å². The van der Waals surface area contributed by atoms with Gasteiger partial charge in [-0.15, -0.1) is 0 Å². The Morgan fingerprint density at radius 1 is 1.30 bits per heavy atom. The Kier molecular flexibility index (Phi) is 8.50. The Labute approximate surface area is 126 Å². The lowest BCUT2D eigenvalue weighted by Crippen LogP contribution is -2.36. The molecular formula is C17H29NOSi. The highest BCUT2D eigenvalue weighted by molar-refractivity contribution is 6.73. The molecule has 0 amide bonds. The molecule has 0 saturated heterocycles. The van der Waals surface area contributed by atoms with Crippen LogP contribution in [0.4, 0.5) is 0 Å². The summed E-state index contributed by atoms with van der Waals surface area (Å²) < 4.78 is 5.46. The molecule has 20 heavy (non-hydrogen) atoms. The van der Waals surface area contributed by atoms with E-state index in [1.54, 1.807) is 0 Å². The maximum Gasteiger partial charge on any atom is 0.100 e. The zero-order valence-electron chi connectivity index (χ0n) is 13.3. The summed E-state index contributed by atoms with van der Waals surface area (Å²) in [5.41, 5.74) is 1.22. The molecule has 0 heterocycles. The average Bonchev–Trinajstić information content (AvgIpc) is 2.50. The van der Waals surface area contributed by atoms with Gasteiger partial charge in [0.2, 0.25) is 0 Å².